The lowest BCUT2D eigenvalue weighted by atomic mass is 9.96. The van der Waals surface area contributed by atoms with Crippen LogP contribution in [0.4, 0.5) is 0 Å². The summed E-state index contributed by atoms with van der Waals surface area (Å²) >= 11 is 0. The predicted octanol–water partition coefficient (Wildman–Crippen LogP) is -0.240. The molecule has 2 aliphatic heterocycles. The summed E-state index contributed by atoms with van der Waals surface area (Å²) in [6.45, 7) is 5.99. The van der Waals surface area contributed by atoms with Crippen LogP contribution in [-0.4, -0.2) is 62.0 Å². The average Bonchev–Trinajstić information content (AvgIpc) is 2.22. The van der Waals surface area contributed by atoms with Crippen molar-refractivity contribution in [2.75, 3.05) is 46.3 Å². The highest BCUT2D eigenvalue weighted by Crippen LogP contribution is 2.17. The second-order valence-electron chi connectivity index (χ2n) is 4.83. The largest absolute Gasteiger partial charge is 0.354 e. The highest BCUT2D eigenvalue weighted by Gasteiger charge is 2.22. The molecular formula is C11H21N3O. The van der Waals surface area contributed by atoms with E-state index in [-0.39, 0.29) is 5.91 Å². The van der Waals surface area contributed by atoms with E-state index in [1.165, 1.54) is 25.9 Å². The van der Waals surface area contributed by atoms with Gasteiger partial charge in [0.15, 0.2) is 0 Å². The Bertz CT molecular complexity index is 224. The Balaban J connectivity index is 1.74. The summed E-state index contributed by atoms with van der Waals surface area (Å²) in [5, 5.41) is 2.87. The van der Waals surface area contributed by atoms with Crippen molar-refractivity contribution in [2.45, 2.75) is 12.8 Å². The number of carbonyl (C=O) groups excluding carboxylic acids is 1. The molecule has 15 heavy (non-hydrogen) atoms. The molecule has 0 atom stereocenters. The molecule has 4 heteroatoms. The molecule has 0 spiro atoms. The summed E-state index contributed by atoms with van der Waals surface area (Å²) in [6, 6.07) is 0. The summed E-state index contributed by atoms with van der Waals surface area (Å²) in [7, 11) is 2.19. The Morgan fingerprint density at radius 1 is 1.33 bits per heavy atom. The van der Waals surface area contributed by atoms with E-state index in [0.29, 0.717) is 6.54 Å². The number of piperidine rings is 1. The maximum absolute atomic E-state index is 11.2. The first-order chi connectivity index (χ1) is 7.24. The topological polar surface area (TPSA) is 35.6 Å². The smallest absolute Gasteiger partial charge is 0.234 e. The number of carbonyl (C=O) groups is 1. The second kappa shape index (κ2) is 4.94. The van der Waals surface area contributed by atoms with Crippen LogP contribution in [0, 0.1) is 5.92 Å². The zero-order chi connectivity index (χ0) is 10.7. The van der Waals surface area contributed by atoms with E-state index in [4.69, 9.17) is 0 Å². The minimum Gasteiger partial charge on any atom is -0.354 e. The molecule has 0 aromatic heterocycles. The van der Waals surface area contributed by atoms with Gasteiger partial charge in [-0.25, -0.2) is 0 Å². The molecule has 2 aliphatic rings. The van der Waals surface area contributed by atoms with Crippen molar-refractivity contribution in [1.82, 2.24) is 15.1 Å². The third kappa shape index (κ3) is 3.18. The molecule has 0 radical (unpaired) electrons. The number of nitrogens with zero attached hydrogens (tertiary/aromatic N) is 2. The van der Waals surface area contributed by atoms with E-state index in [1.807, 2.05) is 0 Å². The first kappa shape index (κ1) is 10.9. The monoisotopic (exact) mass is 211 g/mol. The average molecular weight is 211 g/mol. The van der Waals surface area contributed by atoms with Gasteiger partial charge in [0.05, 0.1) is 6.54 Å². The molecule has 0 aromatic carbocycles. The van der Waals surface area contributed by atoms with E-state index in [0.717, 1.165) is 25.6 Å². The number of piperazine rings is 1. The first-order valence-corrected chi connectivity index (χ1v) is 5.91. The lowest BCUT2D eigenvalue weighted by Crippen LogP contribution is -2.49. The Morgan fingerprint density at radius 2 is 2.07 bits per heavy atom. The van der Waals surface area contributed by atoms with Crippen LogP contribution in [0.1, 0.15) is 12.8 Å². The number of hydrogen-bond acceptors (Lipinski definition) is 3. The summed E-state index contributed by atoms with van der Waals surface area (Å²) in [6.07, 6.45) is 2.57. The highest BCUT2D eigenvalue weighted by molar-refractivity contribution is 5.78. The SMILES string of the molecule is CN1CCC(CN2CCNC(=O)C2)CC1. The van der Waals surface area contributed by atoms with Crippen LogP contribution in [-0.2, 0) is 4.79 Å². The van der Waals surface area contributed by atoms with Gasteiger partial charge in [0.2, 0.25) is 5.91 Å². The van der Waals surface area contributed by atoms with Crippen LogP contribution in [0.25, 0.3) is 0 Å². The maximum Gasteiger partial charge on any atom is 0.234 e. The second-order valence-corrected chi connectivity index (χ2v) is 4.83. The standard InChI is InChI=1S/C11H21N3O/c1-13-5-2-10(3-6-13)8-14-7-4-12-11(15)9-14/h10H,2-9H2,1H3,(H,12,15). The summed E-state index contributed by atoms with van der Waals surface area (Å²) in [4.78, 5) is 15.9. The normalized spacial score (nSPS) is 26.6. The maximum atomic E-state index is 11.2. The van der Waals surface area contributed by atoms with Crippen LogP contribution in [0.5, 0.6) is 0 Å². The molecule has 0 unspecified atom stereocenters. The van der Waals surface area contributed by atoms with E-state index in [1.54, 1.807) is 0 Å². The van der Waals surface area contributed by atoms with Crippen molar-refractivity contribution < 1.29 is 4.79 Å². The molecule has 86 valence electrons. The van der Waals surface area contributed by atoms with Gasteiger partial charge in [-0.3, -0.25) is 9.69 Å². The Morgan fingerprint density at radius 3 is 2.73 bits per heavy atom. The minimum atomic E-state index is 0.189. The fourth-order valence-corrected chi connectivity index (χ4v) is 2.46. The van der Waals surface area contributed by atoms with E-state index in [9.17, 15) is 4.79 Å². The zero-order valence-corrected chi connectivity index (χ0v) is 9.54. The number of nitrogens with one attached hydrogen (secondary N) is 1. The fraction of sp³-hybridized carbons (Fsp3) is 0.909. The molecule has 4 nitrogen and oxygen atoms in total. The highest BCUT2D eigenvalue weighted by atomic mass is 16.2. The summed E-state index contributed by atoms with van der Waals surface area (Å²) in [5.74, 6) is 0.987. The number of amides is 1. The Labute approximate surface area is 91.6 Å². The third-order valence-corrected chi connectivity index (χ3v) is 3.47. The molecule has 1 N–H and O–H groups in total. The van der Waals surface area contributed by atoms with Crippen LogP contribution in [0.2, 0.25) is 0 Å². The molecule has 0 bridgehead atoms. The van der Waals surface area contributed by atoms with E-state index < -0.39 is 0 Å². The van der Waals surface area contributed by atoms with Gasteiger partial charge < -0.3 is 10.2 Å². The lowest BCUT2D eigenvalue weighted by Gasteiger charge is -2.34. The molecule has 0 aromatic rings. The van der Waals surface area contributed by atoms with Crippen LogP contribution >= 0.6 is 0 Å². The zero-order valence-electron chi connectivity index (χ0n) is 9.54. The van der Waals surface area contributed by atoms with E-state index in [2.05, 4.69) is 22.2 Å². The van der Waals surface area contributed by atoms with Crippen molar-refractivity contribution in [3.8, 4) is 0 Å². The molecular weight excluding hydrogens is 190 g/mol. The molecule has 0 saturated carbocycles. The fourth-order valence-electron chi connectivity index (χ4n) is 2.46. The van der Waals surface area contributed by atoms with Crippen molar-refractivity contribution in [3.05, 3.63) is 0 Å². The molecule has 0 aliphatic carbocycles. The van der Waals surface area contributed by atoms with Gasteiger partial charge in [-0.1, -0.05) is 0 Å². The molecule has 2 fully saturated rings. The Kier molecular flexibility index (Phi) is 3.59. The quantitative estimate of drug-likeness (QED) is 0.685. The lowest BCUT2D eigenvalue weighted by molar-refractivity contribution is -0.124. The van der Waals surface area contributed by atoms with Crippen LogP contribution in [0.3, 0.4) is 0 Å². The van der Waals surface area contributed by atoms with Gasteiger partial charge in [-0.05, 0) is 38.9 Å². The third-order valence-electron chi connectivity index (χ3n) is 3.47. The van der Waals surface area contributed by atoms with Crippen molar-refractivity contribution in [3.63, 3.8) is 0 Å². The van der Waals surface area contributed by atoms with Crippen molar-refractivity contribution in [1.29, 1.82) is 0 Å². The Hall–Kier alpha value is -0.610. The molecule has 2 heterocycles. The van der Waals surface area contributed by atoms with Crippen LogP contribution in [0.15, 0.2) is 0 Å². The first-order valence-electron chi connectivity index (χ1n) is 5.91. The molecule has 2 rings (SSSR count). The minimum absolute atomic E-state index is 0.189. The number of hydrogen-bond donors (Lipinski definition) is 1. The van der Waals surface area contributed by atoms with Gasteiger partial charge in [0.25, 0.3) is 0 Å². The van der Waals surface area contributed by atoms with Gasteiger partial charge in [0, 0.05) is 19.6 Å². The van der Waals surface area contributed by atoms with Gasteiger partial charge in [-0.15, -0.1) is 0 Å². The summed E-state index contributed by atoms with van der Waals surface area (Å²) < 4.78 is 0. The van der Waals surface area contributed by atoms with Gasteiger partial charge in [-0.2, -0.15) is 0 Å². The van der Waals surface area contributed by atoms with Gasteiger partial charge >= 0.3 is 0 Å². The predicted molar refractivity (Wildman–Crippen MR) is 59.7 cm³/mol. The van der Waals surface area contributed by atoms with Crippen molar-refractivity contribution >= 4 is 5.91 Å². The van der Waals surface area contributed by atoms with E-state index >= 15 is 0 Å². The molecule has 1 amide bonds. The van der Waals surface area contributed by atoms with Crippen molar-refractivity contribution in [2.24, 2.45) is 5.92 Å². The molecule has 2 saturated heterocycles. The number of likely N-dealkylation sites (tertiary alicyclic amines) is 1. The number of rotatable bonds is 2. The van der Waals surface area contributed by atoms with Gasteiger partial charge in [0.1, 0.15) is 0 Å². The van der Waals surface area contributed by atoms with Crippen LogP contribution < -0.4 is 5.32 Å². The summed E-state index contributed by atoms with van der Waals surface area (Å²) in [5.41, 5.74) is 0.